The average Bonchev–Trinajstić information content (AvgIpc) is 2.76. The van der Waals surface area contributed by atoms with Gasteiger partial charge in [0.25, 0.3) is 11.8 Å². The quantitative estimate of drug-likeness (QED) is 0.667. The van der Waals surface area contributed by atoms with Crippen LogP contribution in [0.2, 0.25) is 0 Å². The van der Waals surface area contributed by atoms with Gasteiger partial charge in [-0.15, -0.1) is 0 Å². The lowest BCUT2D eigenvalue weighted by molar-refractivity contribution is -0.152. The van der Waals surface area contributed by atoms with Crippen LogP contribution in [0.1, 0.15) is 11.1 Å². The van der Waals surface area contributed by atoms with Gasteiger partial charge in [0.15, 0.2) is 5.41 Å². The second-order valence-electron chi connectivity index (χ2n) is 5.23. The summed E-state index contributed by atoms with van der Waals surface area (Å²) >= 11 is 0. The van der Waals surface area contributed by atoms with Crippen molar-refractivity contribution in [3.8, 4) is 0 Å². The fraction of sp³-hybridized carbons (Fsp3) is 0.267. The Balaban J connectivity index is 2.19. The standard InChI is InChI=1S/C15H14N2O3/c1-9-11-7-5-4-6-10(11)8-15(9)12(18)16(2)14(20)17(3)13(15)19/h4-7H,1,8H2,2-3H3. The van der Waals surface area contributed by atoms with Crippen molar-refractivity contribution in [1.82, 2.24) is 9.80 Å². The number of rotatable bonds is 0. The number of barbiturate groups is 1. The van der Waals surface area contributed by atoms with E-state index in [2.05, 4.69) is 6.58 Å². The molecule has 0 aromatic heterocycles. The molecule has 1 aromatic rings. The van der Waals surface area contributed by atoms with Crippen molar-refractivity contribution in [3.05, 3.63) is 42.0 Å². The maximum Gasteiger partial charge on any atom is 0.332 e. The molecule has 0 unspecified atom stereocenters. The zero-order chi connectivity index (χ0) is 14.7. The highest BCUT2D eigenvalue weighted by molar-refractivity contribution is 6.26. The molecule has 0 radical (unpaired) electrons. The fourth-order valence-corrected chi connectivity index (χ4v) is 3.06. The minimum absolute atomic E-state index is 0.266. The summed E-state index contributed by atoms with van der Waals surface area (Å²) in [5.41, 5.74) is 0.858. The van der Waals surface area contributed by atoms with E-state index in [4.69, 9.17) is 0 Å². The van der Waals surface area contributed by atoms with E-state index in [-0.39, 0.29) is 6.42 Å². The first kappa shape index (κ1) is 12.6. The molecular weight excluding hydrogens is 256 g/mol. The normalized spacial score (nSPS) is 20.9. The molecule has 1 aromatic carbocycles. The van der Waals surface area contributed by atoms with Gasteiger partial charge in [-0.1, -0.05) is 30.8 Å². The minimum atomic E-state index is -1.36. The van der Waals surface area contributed by atoms with Crippen LogP contribution >= 0.6 is 0 Å². The summed E-state index contributed by atoms with van der Waals surface area (Å²) in [4.78, 5) is 39.0. The molecule has 20 heavy (non-hydrogen) atoms. The maximum absolute atomic E-state index is 12.6. The highest BCUT2D eigenvalue weighted by atomic mass is 16.2. The van der Waals surface area contributed by atoms with E-state index in [1.165, 1.54) is 14.1 Å². The predicted octanol–water partition coefficient (Wildman–Crippen LogP) is 1.29. The second-order valence-corrected chi connectivity index (χ2v) is 5.23. The van der Waals surface area contributed by atoms with Crippen molar-refractivity contribution < 1.29 is 14.4 Å². The number of imide groups is 2. The van der Waals surface area contributed by atoms with E-state index in [9.17, 15) is 14.4 Å². The summed E-state index contributed by atoms with van der Waals surface area (Å²) in [6.07, 6.45) is 0.266. The molecule has 102 valence electrons. The van der Waals surface area contributed by atoms with Crippen LogP contribution in [0.4, 0.5) is 4.79 Å². The molecule has 1 fully saturated rings. The lowest BCUT2D eigenvalue weighted by atomic mass is 9.77. The van der Waals surface area contributed by atoms with Crippen molar-refractivity contribution in [1.29, 1.82) is 0 Å². The van der Waals surface area contributed by atoms with Crippen LogP contribution in [0.5, 0.6) is 0 Å². The van der Waals surface area contributed by atoms with Crippen molar-refractivity contribution in [3.63, 3.8) is 0 Å². The van der Waals surface area contributed by atoms with Crippen LogP contribution in [0, 0.1) is 5.41 Å². The number of carbonyl (C=O) groups is 3. The Morgan fingerprint density at radius 2 is 1.60 bits per heavy atom. The first-order valence-electron chi connectivity index (χ1n) is 6.29. The third-order valence-electron chi connectivity index (χ3n) is 4.23. The number of urea groups is 1. The van der Waals surface area contributed by atoms with Crippen molar-refractivity contribution in [2.75, 3.05) is 14.1 Å². The number of fused-ring (bicyclic) bond motifs is 1. The first-order chi connectivity index (χ1) is 9.41. The minimum Gasteiger partial charge on any atom is -0.273 e. The number of hydrogen-bond acceptors (Lipinski definition) is 3. The Labute approximate surface area is 116 Å². The molecule has 1 heterocycles. The van der Waals surface area contributed by atoms with Crippen LogP contribution in [-0.4, -0.2) is 41.7 Å². The summed E-state index contributed by atoms with van der Waals surface area (Å²) in [7, 11) is 2.79. The largest absolute Gasteiger partial charge is 0.332 e. The van der Waals surface area contributed by atoms with Crippen LogP contribution in [0.3, 0.4) is 0 Å². The van der Waals surface area contributed by atoms with Gasteiger partial charge in [0.2, 0.25) is 0 Å². The summed E-state index contributed by atoms with van der Waals surface area (Å²) < 4.78 is 0. The van der Waals surface area contributed by atoms with Crippen molar-refractivity contribution in [2.45, 2.75) is 6.42 Å². The molecule has 5 heteroatoms. The molecule has 1 aliphatic heterocycles. The lowest BCUT2D eigenvalue weighted by Crippen LogP contribution is -2.63. The van der Waals surface area contributed by atoms with Crippen molar-refractivity contribution >= 4 is 23.4 Å². The van der Waals surface area contributed by atoms with Gasteiger partial charge in [0, 0.05) is 20.5 Å². The predicted molar refractivity (Wildman–Crippen MR) is 72.5 cm³/mol. The summed E-state index contributed by atoms with van der Waals surface area (Å²) in [6.45, 7) is 3.96. The number of hydrogen-bond donors (Lipinski definition) is 0. The Kier molecular flexibility index (Phi) is 2.38. The Morgan fingerprint density at radius 1 is 1.05 bits per heavy atom. The lowest BCUT2D eigenvalue weighted by Gasteiger charge is -2.40. The van der Waals surface area contributed by atoms with Gasteiger partial charge in [-0.3, -0.25) is 19.4 Å². The summed E-state index contributed by atoms with van der Waals surface area (Å²) in [5, 5.41) is 0. The summed E-state index contributed by atoms with van der Waals surface area (Å²) in [6, 6.07) is 6.84. The highest BCUT2D eigenvalue weighted by Crippen LogP contribution is 2.49. The topological polar surface area (TPSA) is 57.7 Å². The molecule has 1 saturated heterocycles. The molecule has 1 aliphatic carbocycles. The van der Waals surface area contributed by atoms with E-state index in [0.29, 0.717) is 5.57 Å². The molecule has 3 rings (SSSR count). The average molecular weight is 270 g/mol. The molecule has 1 spiro atoms. The van der Waals surface area contributed by atoms with E-state index in [1.807, 2.05) is 24.3 Å². The zero-order valence-electron chi connectivity index (χ0n) is 11.3. The van der Waals surface area contributed by atoms with Crippen LogP contribution in [0.15, 0.2) is 30.8 Å². The molecule has 0 N–H and O–H groups in total. The number of benzene rings is 1. The van der Waals surface area contributed by atoms with Crippen LogP contribution in [0.25, 0.3) is 5.57 Å². The van der Waals surface area contributed by atoms with E-state index >= 15 is 0 Å². The Morgan fingerprint density at radius 3 is 2.15 bits per heavy atom. The second kappa shape index (κ2) is 3.79. The fourth-order valence-electron chi connectivity index (χ4n) is 3.06. The van der Waals surface area contributed by atoms with Gasteiger partial charge >= 0.3 is 6.03 Å². The number of nitrogens with zero attached hydrogens (tertiary/aromatic N) is 2. The molecule has 4 amide bonds. The highest BCUT2D eigenvalue weighted by Gasteiger charge is 2.60. The van der Waals surface area contributed by atoms with Gasteiger partial charge in [-0.05, 0) is 16.7 Å². The number of carbonyl (C=O) groups excluding carboxylic acids is 3. The Bertz CT molecular complexity index is 653. The number of amides is 4. The Hall–Kier alpha value is -2.43. The maximum atomic E-state index is 12.6. The van der Waals surface area contributed by atoms with E-state index < -0.39 is 23.3 Å². The molecule has 5 nitrogen and oxygen atoms in total. The summed E-state index contributed by atoms with van der Waals surface area (Å²) in [5.74, 6) is -0.987. The third-order valence-corrected chi connectivity index (χ3v) is 4.23. The van der Waals surface area contributed by atoms with Gasteiger partial charge in [0.1, 0.15) is 0 Å². The zero-order valence-corrected chi connectivity index (χ0v) is 11.3. The molecular formula is C15H14N2O3. The monoisotopic (exact) mass is 270 g/mol. The van der Waals surface area contributed by atoms with Crippen LogP contribution < -0.4 is 0 Å². The first-order valence-corrected chi connectivity index (χ1v) is 6.29. The smallest absolute Gasteiger partial charge is 0.273 e. The van der Waals surface area contributed by atoms with E-state index in [1.54, 1.807) is 0 Å². The SMILES string of the molecule is C=C1c2ccccc2CC12C(=O)N(C)C(=O)N(C)C2=O. The molecule has 0 bridgehead atoms. The van der Waals surface area contributed by atoms with Gasteiger partial charge in [-0.25, -0.2) is 4.79 Å². The van der Waals surface area contributed by atoms with Gasteiger partial charge in [0.05, 0.1) is 0 Å². The third kappa shape index (κ3) is 1.24. The van der Waals surface area contributed by atoms with Gasteiger partial charge < -0.3 is 0 Å². The van der Waals surface area contributed by atoms with Crippen molar-refractivity contribution in [2.24, 2.45) is 5.41 Å². The van der Waals surface area contributed by atoms with Gasteiger partial charge in [-0.2, -0.15) is 0 Å². The molecule has 0 atom stereocenters. The van der Waals surface area contributed by atoms with E-state index in [0.717, 1.165) is 20.9 Å². The molecule has 0 saturated carbocycles. The molecule has 2 aliphatic rings. The van der Waals surface area contributed by atoms with Crippen LogP contribution in [-0.2, 0) is 16.0 Å².